The lowest BCUT2D eigenvalue weighted by Gasteiger charge is -2.14. The largest absolute Gasteiger partial charge is 0.496 e. The summed E-state index contributed by atoms with van der Waals surface area (Å²) in [5.41, 5.74) is 2.15. The zero-order valence-electron chi connectivity index (χ0n) is 9.80. The van der Waals surface area contributed by atoms with Crippen molar-refractivity contribution in [2.45, 2.75) is 18.9 Å². The lowest BCUT2D eigenvalue weighted by Crippen LogP contribution is -2.01. The summed E-state index contributed by atoms with van der Waals surface area (Å²) in [6.07, 6.45) is 1.14. The van der Waals surface area contributed by atoms with Gasteiger partial charge in [-0.1, -0.05) is 18.2 Å². The minimum Gasteiger partial charge on any atom is -0.496 e. The van der Waals surface area contributed by atoms with Crippen molar-refractivity contribution in [2.75, 3.05) is 7.11 Å². The maximum atomic E-state index is 10.2. The minimum absolute atomic E-state index is 0.467. The van der Waals surface area contributed by atoms with E-state index in [1.165, 1.54) is 5.56 Å². The Labute approximate surface area is 105 Å². The van der Waals surface area contributed by atoms with Gasteiger partial charge in [-0.25, -0.2) is 0 Å². The van der Waals surface area contributed by atoms with Crippen molar-refractivity contribution in [3.05, 3.63) is 52.2 Å². The van der Waals surface area contributed by atoms with Crippen LogP contribution in [0.1, 0.15) is 23.7 Å². The van der Waals surface area contributed by atoms with E-state index in [9.17, 15) is 5.11 Å². The number of rotatable bonds is 5. The summed E-state index contributed by atoms with van der Waals surface area (Å²) in [5, 5.41) is 14.3. The molecule has 0 aliphatic carbocycles. The molecule has 0 saturated carbocycles. The molecule has 90 valence electrons. The van der Waals surface area contributed by atoms with Gasteiger partial charge in [0.2, 0.25) is 0 Å². The molecular formula is C14H16O2S. The molecule has 2 rings (SSSR count). The molecule has 0 aliphatic rings. The van der Waals surface area contributed by atoms with Gasteiger partial charge in [-0.05, 0) is 41.3 Å². The molecule has 0 aliphatic heterocycles. The summed E-state index contributed by atoms with van der Waals surface area (Å²) < 4.78 is 5.25. The third-order valence-corrected chi connectivity index (χ3v) is 3.52. The van der Waals surface area contributed by atoms with Crippen LogP contribution in [0.25, 0.3) is 0 Å². The topological polar surface area (TPSA) is 29.5 Å². The molecule has 0 saturated heterocycles. The highest BCUT2D eigenvalue weighted by molar-refractivity contribution is 7.07. The Bertz CT molecular complexity index is 451. The van der Waals surface area contributed by atoms with Crippen LogP contribution >= 0.6 is 11.3 Å². The summed E-state index contributed by atoms with van der Waals surface area (Å²) in [6.45, 7) is 0. The highest BCUT2D eigenvalue weighted by Gasteiger charge is 2.12. The van der Waals surface area contributed by atoms with Crippen LogP contribution in [0, 0.1) is 0 Å². The monoisotopic (exact) mass is 248 g/mol. The van der Waals surface area contributed by atoms with Crippen molar-refractivity contribution in [3.63, 3.8) is 0 Å². The van der Waals surface area contributed by atoms with Gasteiger partial charge in [0.1, 0.15) is 5.75 Å². The molecule has 0 amide bonds. The molecule has 1 aromatic heterocycles. The fraction of sp³-hybridized carbons (Fsp3) is 0.286. The number of para-hydroxylation sites is 1. The maximum absolute atomic E-state index is 10.2. The molecule has 2 nitrogen and oxygen atoms in total. The molecule has 0 radical (unpaired) electrons. The third kappa shape index (κ3) is 3.08. The fourth-order valence-corrected chi connectivity index (χ4v) is 2.54. The van der Waals surface area contributed by atoms with Crippen LogP contribution < -0.4 is 4.74 Å². The van der Waals surface area contributed by atoms with Gasteiger partial charge in [-0.3, -0.25) is 0 Å². The van der Waals surface area contributed by atoms with E-state index in [1.54, 1.807) is 18.4 Å². The van der Waals surface area contributed by atoms with Crippen LogP contribution in [0.5, 0.6) is 5.75 Å². The second-order valence-electron chi connectivity index (χ2n) is 3.93. The molecule has 1 atom stereocenters. The van der Waals surface area contributed by atoms with Crippen molar-refractivity contribution in [3.8, 4) is 5.75 Å². The molecule has 2 aromatic rings. The van der Waals surface area contributed by atoms with E-state index >= 15 is 0 Å². The molecular weight excluding hydrogens is 232 g/mol. The standard InChI is InChI=1S/C14H16O2S/c1-16-14-5-3-2-4-12(14)13(15)7-6-11-8-9-17-10-11/h2-5,8-10,13,15H,6-7H2,1H3. The Balaban J connectivity index is 2.01. The van der Waals surface area contributed by atoms with Gasteiger partial charge < -0.3 is 9.84 Å². The van der Waals surface area contributed by atoms with E-state index in [-0.39, 0.29) is 0 Å². The first-order valence-corrected chi connectivity index (χ1v) is 6.57. The molecule has 0 fully saturated rings. The molecule has 0 bridgehead atoms. The Morgan fingerprint density at radius 2 is 2.12 bits per heavy atom. The summed E-state index contributed by atoms with van der Waals surface area (Å²) in [6, 6.07) is 9.72. The van der Waals surface area contributed by atoms with Crippen LogP contribution in [-0.4, -0.2) is 12.2 Å². The van der Waals surface area contributed by atoms with Crippen molar-refractivity contribution in [2.24, 2.45) is 0 Å². The average molecular weight is 248 g/mol. The molecule has 1 heterocycles. The zero-order valence-corrected chi connectivity index (χ0v) is 10.6. The van der Waals surface area contributed by atoms with Crippen LogP contribution in [0.2, 0.25) is 0 Å². The average Bonchev–Trinajstić information content (AvgIpc) is 2.89. The number of aliphatic hydroxyl groups is 1. The first-order valence-electron chi connectivity index (χ1n) is 5.63. The van der Waals surface area contributed by atoms with Crippen LogP contribution in [0.15, 0.2) is 41.1 Å². The van der Waals surface area contributed by atoms with E-state index in [1.807, 2.05) is 24.3 Å². The SMILES string of the molecule is COc1ccccc1C(O)CCc1ccsc1. The van der Waals surface area contributed by atoms with Crippen molar-refractivity contribution in [1.29, 1.82) is 0 Å². The molecule has 1 N–H and O–H groups in total. The summed E-state index contributed by atoms with van der Waals surface area (Å²) in [4.78, 5) is 0. The van der Waals surface area contributed by atoms with Crippen molar-refractivity contribution >= 4 is 11.3 Å². The Morgan fingerprint density at radius 1 is 1.29 bits per heavy atom. The summed E-state index contributed by atoms with van der Waals surface area (Å²) in [7, 11) is 1.63. The lowest BCUT2D eigenvalue weighted by molar-refractivity contribution is 0.163. The third-order valence-electron chi connectivity index (χ3n) is 2.78. The number of aryl methyl sites for hydroxylation is 1. The van der Waals surface area contributed by atoms with Crippen molar-refractivity contribution < 1.29 is 9.84 Å². The lowest BCUT2D eigenvalue weighted by atomic mass is 10.0. The van der Waals surface area contributed by atoms with Crippen molar-refractivity contribution in [1.82, 2.24) is 0 Å². The van der Waals surface area contributed by atoms with E-state index < -0.39 is 6.10 Å². The number of hydrogen-bond acceptors (Lipinski definition) is 3. The van der Waals surface area contributed by atoms with Gasteiger partial charge in [-0.2, -0.15) is 11.3 Å². The highest BCUT2D eigenvalue weighted by atomic mass is 32.1. The highest BCUT2D eigenvalue weighted by Crippen LogP contribution is 2.27. The predicted molar refractivity (Wildman–Crippen MR) is 70.6 cm³/mol. The zero-order chi connectivity index (χ0) is 12.1. The predicted octanol–water partition coefficient (Wildman–Crippen LogP) is 3.42. The van der Waals surface area contributed by atoms with Gasteiger partial charge in [-0.15, -0.1) is 0 Å². The number of benzene rings is 1. The molecule has 17 heavy (non-hydrogen) atoms. The second kappa shape index (κ2) is 5.84. The van der Waals surface area contributed by atoms with Gasteiger partial charge in [0.25, 0.3) is 0 Å². The minimum atomic E-state index is -0.467. The van der Waals surface area contributed by atoms with Gasteiger partial charge in [0.15, 0.2) is 0 Å². The quantitative estimate of drug-likeness (QED) is 0.878. The number of thiophene rings is 1. The van der Waals surface area contributed by atoms with Crippen LogP contribution in [-0.2, 0) is 6.42 Å². The summed E-state index contributed by atoms with van der Waals surface area (Å²) >= 11 is 1.69. The van der Waals surface area contributed by atoms with Crippen LogP contribution in [0.3, 0.4) is 0 Å². The van der Waals surface area contributed by atoms with E-state index in [0.29, 0.717) is 0 Å². The van der Waals surface area contributed by atoms with Crippen LogP contribution in [0.4, 0.5) is 0 Å². The first kappa shape index (κ1) is 12.1. The Morgan fingerprint density at radius 3 is 2.82 bits per heavy atom. The second-order valence-corrected chi connectivity index (χ2v) is 4.71. The van der Waals surface area contributed by atoms with E-state index in [0.717, 1.165) is 24.2 Å². The molecule has 0 spiro atoms. The maximum Gasteiger partial charge on any atom is 0.124 e. The number of methoxy groups -OCH3 is 1. The van der Waals surface area contributed by atoms with E-state index in [4.69, 9.17) is 4.74 Å². The Kier molecular flexibility index (Phi) is 4.18. The normalized spacial score (nSPS) is 12.4. The first-order chi connectivity index (χ1) is 8.31. The van der Waals surface area contributed by atoms with Gasteiger partial charge in [0.05, 0.1) is 13.2 Å². The molecule has 3 heteroatoms. The smallest absolute Gasteiger partial charge is 0.124 e. The van der Waals surface area contributed by atoms with Gasteiger partial charge >= 0.3 is 0 Å². The number of hydrogen-bond donors (Lipinski definition) is 1. The number of aliphatic hydroxyl groups excluding tert-OH is 1. The fourth-order valence-electron chi connectivity index (χ4n) is 1.84. The molecule has 1 aromatic carbocycles. The Hall–Kier alpha value is -1.32. The van der Waals surface area contributed by atoms with Gasteiger partial charge in [0, 0.05) is 5.56 Å². The molecule has 1 unspecified atom stereocenters. The number of ether oxygens (including phenoxy) is 1. The summed E-state index contributed by atoms with van der Waals surface area (Å²) in [5.74, 6) is 0.755. The van der Waals surface area contributed by atoms with E-state index in [2.05, 4.69) is 16.8 Å².